The number of carbonyl (C=O) groups excluding carboxylic acids is 2. The van der Waals surface area contributed by atoms with E-state index in [2.05, 4.69) is 4.74 Å². The zero-order valence-corrected chi connectivity index (χ0v) is 16.9. The number of halogens is 4. The first-order chi connectivity index (χ1) is 14.4. The average Bonchev–Trinajstić information content (AvgIpc) is 2.65. The third-order valence-corrected chi connectivity index (χ3v) is 7.41. The van der Waals surface area contributed by atoms with Gasteiger partial charge in [-0.05, 0) is 43.4 Å². The summed E-state index contributed by atoms with van der Waals surface area (Å²) in [5, 5.41) is 0. The van der Waals surface area contributed by atoms with Crippen LogP contribution in [0.4, 0.5) is 17.6 Å². The lowest BCUT2D eigenvalue weighted by Gasteiger charge is -2.56. The summed E-state index contributed by atoms with van der Waals surface area (Å²) in [6, 6.07) is 0. The Labute approximate surface area is 174 Å². The summed E-state index contributed by atoms with van der Waals surface area (Å²) in [4.78, 5) is 22.0. The Balaban J connectivity index is 1.67. The second-order valence-electron chi connectivity index (χ2n) is 8.38. The Kier molecular flexibility index (Phi) is 5.28. The molecule has 0 N–H and O–H groups in total. The molecule has 4 aliphatic rings. The molecule has 170 valence electrons. The zero-order chi connectivity index (χ0) is 22.8. The molecule has 0 heterocycles. The van der Waals surface area contributed by atoms with Crippen LogP contribution >= 0.6 is 0 Å². The molecule has 12 heteroatoms. The molecule has 0 saturated heterocycles. The van der Waals surface area contributed by atoms with Crippen LogP contribution in [0.1, 0.15) is 32.6 Å². The molecule has 7 nitrogen and oxygen atoms in total. The van der Waals surface area contributed by atoms with Crippen molar-refractivity contribution in [3.63, 3.8) is 0 Å². The van der Waals surface area contributed by atoms with E-state index in [1.165, 1.54) is 6.92 Å². The normalized spacial score (nSPS) is 31.5. The van der Waals surface area contributed by atoms with Gasteiger partial charge >= 0.3 is 11.9 Å². The van der Waals surface area contributed by atoms with Crippen LogP contribution in [0.3, 0.4) is 0 Å². The standard InChI is InChI=1S/C19H18F4O7S/c1-6(24)29-16-9-3-7-2-8(5-9)11(10(16)4-7)19(25)30-17-12(20)14(22)18(31(26,27)28)15(23)13(17)21/h7-11,16H,2-5H2,1H3,(H,26,27,28)/p-1. The number of esters is 2. The Hall–Kier alpha value is -2.21. The fourth-order valence-corrected chi connectivity index (χ4v) is 6.29. The molecule has 0 radical (unpaired) electrons. The van der Waals surface area contributed by atoms with E-state index in [0.717, 1.165) is 6.42 Å². The third-order valence-electron chi connectivity index (χ3n) is 6.55. The van der Waals surface area contributed by atoms with E-state index in [0.29, 0.717) is 25.2 Å². The molecule has 0 spiro atoms. The molecule has 6 atom stereocenters. The van der Waals surface area contributed by atoms with Gasteiger partial charge < -0.3 is 14.0 Å². The van der Waals surface area contributed by atoms with Crippen LogP contribution in [0.15, 0.2) is 4.90 Å². The van der Waals surface area contributed by atoms with Crippen molar-refractivity contribution >= 4 is 22.1 Å². The topological polar surface area (TPSA) is 110 Å². The van der Waals surface area contributed by atoms with E-state index >= 15 is 0 Å². The summed E-state index contributed by atoms with van der Waals surface area (Å²) in [7, 11) is -5.88. The molecule has 0 aromatic heterocycles. The Morgan fingerprint density at radius 1 is 0.935 bits per heavy atom. The summed E-state index contributed by atoms with van der Waals surface area (Å²) >= 11 is 0. The second-order valence-corrected chi connectivity index (χ2v) is 9.70. The van der Waals surface area contributed by atoms with Crippen LogP contribution < -0.4 is 4.74 Å². The molecule has 4 aliphatic carbocycles. The summed E-state index contributed by atoms with van der Waals surface area (Å²) in [6.45, 7) is 1.22. The third kappa shape index (κ3) is 3.59. The first-order valence-electron chi connectivity index (χ1n) is 9.60. The highest BCUT2D eigenvalue weighted by atomic mass is 32.2. The maximum absolute atomic E-state index is 14.2. The maximum atomic E-state index is 14.2. The molecule has 4 bridgehead atoms. The number of rotatable bonds is 4. The summed E-state index contributed by atoms with van der Waals surface area (Å²) in [5.74, 6) is -14.3. The van der Waals surface area contributed by atoms with E-state index in [1.807, 2.05) is 0 Å². The van der Waals surface area contributed by atoms with Crippen molar-refractivity contribution in [2.24, 2.45) is 29.6 Å². The van der Waals surface area contributed by atoms with Gasteiger partial charge in [-0.2, -0.15) is 8.78 Å². The minimum absolute atomic E-state index is 0.0420. The summed E-state index contributed by atoms with van der Waals surface area (Å²) < 4.78 is 99.3. The van der Waals surface area contributed by atoms with E-state index in [4.69, 9.17) is 4.74 Å². The predicted octanol–water partition coefficient (Wildman–Crippen LogP) is 2.67. The molecular formula is C19H17F4O7S-. The predicted molar refractivity (Wildman–Crippen MR) is 91.3 cm³/mol. The van der Waals surface area contributed by atoms with Gasteiger partial charge in [-0.1, -0.05) is 0 Å². The highest BCUT2D eigenvalue weighted by Gasteiger charge is 2.57. The minimum Gasteiger partial charge on any atom is -0.744 e. The van der Waals surface area contributed by atoms with Gasteiger partial charge in [0.1, 0.15) is 21.1 Å². The molecular weight excluding hydrogens is 448 g/mol. The van der Waals surface area contributed by atoms with Gasteiger partial charge in [0, 0.05) is 12.8 Å². The van der Waals surface area contributed by atoms with Crippen LogP contribution in [0.5, 0.6) is 5.75 Å². The van der Waals surface area contributed by atoms with Gasteiger partial charge in [0.15, 0.2) is 11.6 Å². The van der Waals surface area contributed by atoms with Crippen molar-refractivity contribution in [1.82, 2.24) is 0 Å². The summed E-state index contributed by atoms with van der Waals surface area (Å²) in [6.07, 6.45) is 1.94. The molecule has 5 rings (SSSR count). The van der Waals surface area contributed by atoms with E-state index in [1.54, 1.807) is 0 Å². The number of carbonyl (C=O) groups is 2. The van der Waals surface area contributed by atoms with Crippen molar-refractivity contribution < 1.29 is 49.6 Å². The van der Waals surface area contributed by atoms with Crippen LogP contribution in [0.25, 0.3) is 0 Å². The SMILES string of the molecule is CC(=O)OC1C2CC3CC(C2)C(C(=O)Oc2c(F)c(F)c(S(=O)(=O)[O-])c(F)c2F)C1C3. The Bertz CT molecular complexity index is 1040. The van der Waals surface area contributed by atoms with Gasteiger partial charge in [0.2, 0.25) is 17.4 Å². The maximum Gasteiger partial charge on any atom is 0.315 e. The molecule has 4 saturated carbocycles. The fourth-order valence-electron chi connectivity index (χ4n) is 5.67. The first-order valence-corrected chi connectivity index (χ1v) is 11.0. The second kappa shape index (κ2) is 7.44. The lowest BCUT2D eigenvalue weighted by molar-refractivity contribution is -0.187. The highest BCUT2D eigenvalue weighted by Crippen LogP contribution is 2.57. The Morgan fingerprint density at radius 3 is 2.06 bits per heavy atom. The molecule has 0 aliphatic heterocycles. The van der Waals surface area contributed by atoms with Crippen LogP contribution in [-0.2, 0) is 24.4 Å². The van der Waals surface area contributed by atoms with Gasteiger partial charge in [0.25, 0.3) is 0 Å². The lowest BCUT2D eigenvalue weighted by atomic mass is 9.50. The Morgan fingerprint density at radius 2 is 1.52 bits per heavy atom. The van der Waals surface area contributed by atoms with Crippen molar-refractivity contribution in [1.29, 1.82) is 0 Å². The quantitative estimate of drug-likeness (QED) is 0.221. The molecule has 1 aromatic carbocycles. The van der Waals surface area contributed by atoms with E-state index in [-0.39, 0.29) is 11.8 Å². The monoisotopic (exact) mass is 465 g/mol. The molecule has 1 aromatic rings. The number of hydrogen-bond acceptors (Lipinski definition) is 7. The van der Waals surface area contributed by atoms with Crippen LogP contribution in [0.2, 0.25) is 0 Å². The van der Waals surface area contributed by atoms with Gasteiger partial charge in [0.05, 0.1) is 5.92 Å². The smallest absolute Gasteiger partial charge is 0.315 e. The lowest BCUT2D eigenvalue weighted by Crippen LogP contribution is -2.57. The number of hydrogen-bond donors (Lipinski definition) is 0. The summed E-state index contributed by atoms with van der Waals surface area (Å²) in [5.41, 5.74) is 0. The molecule has 0 amide bonds. The van der Waals surface area contributed by atoms with E-state index < -0.39 is 73.9 Å². The molecule has 31 heavy (non-hydrogen) atoms. The van der Waals surface area contributed by atoms with Gasteiger partial charge in [-0.25, -0.2) is 17.2 Å². The first kappa shape index (κ1) is 22.0. The zero-order valence-electron chi connectivity index (χ0n) is 16.1. The van der Waals surface area contributed by atoms with Crippen molar-refractivity contribution in [2.75, 3.05) is 0 Å². The minimum atomic E-state index is -5.88. The van der Waals surface area contributed by atoms with Crippen molar-refractivity contribution in [3.05, 3.63) is 23.3 Å². The van der Waals surface area contributed by atoms with Gasteiger partial charge in [-0.15, -0.1) is 0 Å². The average molecular weight is 465 g/mol. The fraction of sp³-hybridized carbons (Fsp3) is 0.579. The number of ether oxygens (including phenoxy) is 2. The van der Waals surface area contributed by atoms with Crippen LogP contribution in [0, 0.1) is 52.9 Å². The highest BCUT2D eigenvalue weighted by molar-refractivity contribution is 7.85. The number of benzene rings is 1. The largest absolute Gasteiger partial charge is 0.744 e. The van der Waals surface area contributed by atoms with Crippen molar-refractivity contribution in [2.45, 2.75) is 43.6 Å². The van der Waals surface area contributed by atoms with E-state index in [9.17, 15) is 40.1 Å². The molecule has 4 fully saturated rings. The molecule has 6 unspecified atom stereocenters. The van der Waals surface area contributed by atoms with Gasteiger partial charge in [-0.3, -0.25) is 9.59 Å². The van der Waals surface area contributed by atoms with Crippen molar-refractivity contribution in [3.8, 4) is 5.75 Å². The van der Waals surface area contributed by atoms with Crippen LogP contribution in [-0.4, -0.2) is 31.0 Å².